The molecule has 0 radical (unpaired) electrons. The molecular formula is C8H12O3. The zero-order valence-electron chi connectivity index (χ0n) is 6.54. The summed E-state index contributed by atoms with van der Waals surface area (Å²) in [6.45, 7) is 8.62. The molecule has 3 nitrogen and oxygen atoms in total. The van der Waals surface area contributed by atoms with Crippen LogP contribution in [0.25, 0.3) is 0 Å². The van der Waals surface area contributed by atoms with Gasteiger partial charge in [0.05, 0.1) is 12.2 Å². The predicted molar refractivity (Wildman–Crippen MR) is 42.0 cm³/mol. The van der Waals surface area contributed by atoms with Crippen LogP contribution in [0.15, 0.2) is 24.8 Å². The molecule has 0 heterocycles. The number of aliphatic hydroxyl groups is 1. The van der Waals surface area contributed by atoms with Gasteiger partial charge < -0.3 is 9.84 Å². The van der Waals surface area contributed by atoms with Crippen molar-refractivity contribution in [3.05, 3.63) is 24.8 Å². The summed E-state index contributed by atoms with van der Waals surface area (Å²) in [7, 11) is 0. The minimum Gasteiger partial charge on any atom is -0.463 e. The van der Waals surface area contributed by atoms with Gasteiger partial charge in [0.2, 0.25) is 0 Å². The van der Waals surface area contributed by atoms with E-state index in [4.69, 9.17) is 5.11 Å². The van der Waals surface area contributed by atoms with Crippen LogP contribution in [0.5, 0.6) is 0 Å². The van der Waals surface area contributed by atoms with E-state index < -0.39 is 12.1 Å². The van der Waals surface area contributed by atoms with E-state index in [9.17, 15) is 4.79 Å². The zero-order valence-corrected chi connectivity index (χ0v) is 6.54. The lowest BCUT2D eigenvalue weighted by atomic mass is 10.2. The van der Waals surface area contributed by atoms with Gasteiger partial charge in [0.25, 0.3) is 0 Å². The maximum atomic E-state index is 10.8. The molecule has 1 atom stereocenters. The second-order valence-corrected chi connectivity index (χ2v) is 1.93. The van der Waals surface area contributed by atoms with Crippen molar-refractivity contribution in [3.63, 3.8) is 0 Å². The highest BCUT2D eigenvalue weighted by atomic mass is 16.5. The maximum absolute atomic E-state index is 10.8. The molecule has 11 heavy (non-hydrogen) atoms. The van der Waals surface area contributed by atoms with Crippen LogP contribution in [0.2, 0.25) is 0 Å². The molecule has 0 aromatic carbocycles. The summed E-state index contributed by atoms with van der Waals surface area (Å²) in [4.78, 5) is 10.8. The summed E-state index contributed by atoms with van der Waals surface area (Å²) in [5.74, 6) is -0.583. The van der Waals surface area contributed by atoms with Crippen LogP contribution < -0.4 is 0 Å². The Morgan fingerprint density at radius 1 is 1.82 bits per heavy atom. The van der Waals surface area contributed by atoms with E-state index in [-0.39, 0.29) is 12.2 Å². The number of aliphatic hydroxyl groups excluding tert-OH is 1. The van der Waals surface area contributed by atoms with Crippen LogP contribution in [0.1, 0.15) is 6.92 Å². The Morgan fingerprint density at radius 2 is 2.36 bits per heavy atom. The number of carbonyl (C=O) groups excluding carboxylic acids is 1. The molecular weight excluding hydrogens is 144 g/mol. The molecule has 0 amide bonds. The first-order valence-electron chi connectivity index (χ1n) is 3.30. The third kappa shape index (κ3) is 3.00. The highest BCUT2D eigenvalue weighted by Crippen LogP contribution is 2.02. The summed E-state index contributed by atoms with van der Waals surface area (Å²) in [6, 6.07) is 0. The van der Waals surface area contributed by atoms with Crippen LogP contribution in [-0.2, 0) is 9.53 Å². The summed E-state index contributed by atoms with van der Waals surface area (Å²) in [6.07, 6.45) is 0.216. The number of esters is 1. The average molecular weight is 156 g/mol. The van der Waals surface area contributed by atoms with Crippen molar-refractivity contribution in [2.75, 3.05) is 6.61 Å². The van der Waals surface area contributed by atoms with E-state index in [1.54, 1.807) is 6.92 Å². The Morgan fingerprint density at radius 3 is 2.73 bits per heavy atom. The second-order valence-electron chi connectivity index (χ2n) is 1.93. The molecule has 0 aliphatic heterocycles. The first-order valence-corrected chi connectivity index (χ1v) is 3.30. The molecule has 62 valence electrons. The first-order chi connectivity index (χ1) is 5.13. The van der Waals surface area contributed by atoms with Crippen molar-refractivity contribution in [1.82, 2.24) is 0 Å². The Hall–Kier alpha value is -1.09. The van der Waals surface area contributed by atoms with Gasteiger partial charge in [0.15, 0.2) is 0 Å². The van der Waals surface area contributed by atoms with Crippen LogP contribution in [-0.4, -0.2) is 23.8 Å². The van der Waals surface area contributed by atoms with E-state index in [0.717, 1.165) is 0 Å². The fraction of sp³-hybridized carbons (Fsp3) is 0.375. The summed E-state index contributed by atoms with van der Waals surface area (Å²) >= 11 is 0. The van der Waals surface area contributed by atoms with Gasteiger partial charge in [0.1, 0.15) is 6.10 Å². The summed E-state index contributed by atoms with van der Waals surface area (Å²) < 4.78 is 4.58. The maximum Gasteiger partial charge on any atom is 0.336 e. The Labute approximate surface area is 66.0 Å². The minimum absolute atomic E-state index is 0.0156. The van der Waals surface area contributed by atoms with Crippen LogP contribution in [0, 0.1) is 0 Å². The molecule has 0 aromatic rings. The lowest BCUT2D eigenvalue weighted by molar-refractivity contribution is -0.139. The Bertz CT molecular complexity index is 172. The summed E-state index contributed by atoms with van der Waals surface area (Å²) in [5, 5.41) is 9.01. The molecule has 0 rings (SSSR count). The van der Waals surface area contributed by atoms with Crippen molar-refractivity contribution in [1.29, 1.82) is 0 Å². The van der Waals surface area contributed by atoms with E-state index in [1.165, 1.54) is 6.08 Å². The fourth-order valence-corrected chi connectivity index (χ4v) is 0.487. The van der Waals surface area contributed by atoms with Crippen LogP contribution >= 0.6 is 0 Å². The minimum atomic E-state index is -1.01. The zero-order chi connectivity index (χ0) is 8.85. The molecule has 1 N–H and O–H groups in total. The third-order valence-corrected chi connectivity index (χ3v) is 1.12. The van der Waals surface area contributed by atoms with E-state index in [1.807, 2.05) is 0 Å². The molecule has 0 bridgehead atoms. The van der Waals surface area contributed by atoms with Crippen molar-refractivity contribution in [2.24, 2.45) is 0 Å². The van der Waals surface area contributed by atoms with Crippen LogP contribution in [0.3, 0.4) is 0 Å². The average Bonchev–Trinajstić information content (AvgIpc) is 2.02. The molecule has 0 aliphatic rings. The third-order valence-electron chi connectivity index (χ3n) is 1.12. The van der Waals surface area contributed by atoms with Gasteiger partial charge >= 0.3 is 5.97 Å². The summed E-state index contributed by atoms with van der Waals surface area (Å²) in [5.41, 5.74) is 0.0156. The van der Waals surface area contributed by atoms with E-state index >= 15 is 0 Å². The standard InChI is InChI=1S/C8H12O3/c1-4-7(9)6(3)8(10)11-5-2/h4,7,9H,1,3,5H2,2H3. The molecule has 0 saturated heterocycles. The van der Waals surface area contributed by atoms with Crippen molar-refractivity contribution in [3.8, 4) is 0 Å². The van der Waals surface area contributed by atoms with Crippen LogP contribution in [0.4, 0.5) is 0 Å². The Balaban J connectivity index is 4.02. The number of rotatable bonds is 4. The van der Waals surface area contributed by atoms with Gasteiger partial charge in [0, 0.05) is 0 Å². The number of carbonyl (C=O) groups is 1. The molecule has 0 saturated carbocycles. The van der Waals surface area contributed by atoms with E-state index in [0.29, 0.717) is 0 Å². The predicted octanol–water partition coefficient (Wildman–Crippen LogP) is 0.653. The molecule has 0 spiro atoms. The van der Waals surface area contributed by atoms with Gasteiger partial charge in [-0.3, -0.25) is 0 Å². The largest absolute Gasteiger partial charge is 0.463 e. The molecule has 0 aromatic heterocycles. The molecule has 0 aliphatic carbocycles. The smallest absolute Gasteiger partial charge is 0.336 e. The fourth-order valence-electron chi connectivity index (χ4n) is 0.487. The highest BCUT2D eigenvalue weighted by molar-refractivity contribution is 5.89. The molecule has 3 heteroatoms. The lowest BCUT2D eigenvalue weighted by Gasteiger charge is -2.07. The van der Waals surface area contributed by atoms with Crippen molar-refractivity contribution in [2.45, 2.75) is 13.0 Å². The van der Waals surface area contributed by atoms with Gasteiger partial charge in [-0.2, -0.15) is 0 Å². The normalized spacial score (nSPS) is 11.8. The number of hydrogen-bond acceptors (Lipinski definition) is 3. The highest BCUT2D eigenvalue weighted by Gasteiger charge is 2.13. The second kappa shape index (κ2) is 4.68. The SMILES string of the molecule is C=CC(O)C(=C)C(=O)OCC. The van der Waals surface area contributed by atoms with Gasteiger partial charge in [-0.05, 0) is 6.92 Å². The van der Waals surface area contributed by atoms with Gasteiger partial charge in [-0.15, -0.1) is 6.58 Å². The molecule has 0 fully saturated rings. The quantitative estimate of drug-likeness (QED) is 0.369. The van der Waals surface area contributed by atoms with E-state index in [2.05, 4.69) is 17.9 Å². The monoisotopic (exact) mass is 156 g/mol. The van der Waals surface area contributed by atoms with Crippen molar-refractivity contribution >= 4 is 5.97 Å². The molecule has 1 unspecified atom stereocenters. The Kier molecular flexibility index (Phi) is 4.22. The van der Waals surface area contributed by atoms with Gasteiger partial charge in [-0.1, -0.05) is 12.7 Å². The number of hydrogen-bond donors (Lipinski definition) is 1. The topological polar surface area (TPSA) is 46.5 Å². The van der Waals surface area contributed by atoms with Gasteiger partial charge in [-0.25, -0.2) is 4.79 Å². The van der Waals surface area contributed by atoms with Crippen molar-refractivity contribution < 1.29 is 14.6 Å². The lowest BCUT2D eigenvalue weighted by Crippen LogP contribution is -2.16. The first kappa shape index (κ1) is 9.91. The number of ether oxygens (including phenoxy) is 1.